The van der Waals surface area contributed by atoms with E-state index in [9.17, 15) is 18.0 Å². The summed E-state index contributed by atoms with van der Waals surface area (Å²) >= 11 is 0. The van der Waals surface area contributed by atoms with E-state index in [4.69, 9.17) is 5.73 Å². The van der Waals surface area contributed by atoms with Gasteiger partial charge in [0.05, 0.1) is 0 Å². The fraction of sp³-hybridized carbons (Fsp3) is 0.385. The molecule has 0 aromatic heterocycles. The van der Waals surface area contributed by atoms with Crippen LogP contribution in [0.5, 0.6) is 0 Å². The highest BCUT2D eigenvalue weighted by Gasteiger charge is 2.30. The SMILES string of the molecule is Cc1cccc(NC(N)=NCC(=O)N(C)CC(F)(F)F)c1. The Balaban J connectivity index is 2.53. The van der Waals surface area contributed by atoms with Crippen LogP contribution in [0.4, 0.5) is 18.9 Å². The van der Waals surface area contributed by atoms with Crippen molar-refractivity contribution in [2.24, 2.45) is 10.7 Å². The zero-order valence-electron chi connectivity index (χ0n) is 11.7. The van der Waals surface area contributed by atoms with Crippen LogP contribution in [0.1, 0.15) is 5.56 Å². The second-order valence-corrected chi connectivity index (χ2v) is 4.56. The summed E-state index contributed by atoms with van der Waals surface area (Å²) in [5, 5.41) is 2.76. The van der Waals surface area contributed by atoms with Gasteiger partial charge in [0.25, 0.3) is 0 Å². The molecule has 1 amide bonds. The van der Waals surface area contributed by atoms with Crippen molar-refractivity contribution in [3.8, 4) is 0 Å². The lowest BCUT2D eigenvalue weighted by Gasteiger charge is -2.18. The van der Waals surface area contributed by atoms with Gasteiger partial charge in [-0.3, -0.25) is 4.79 Å². The first kappa shape index (κ1) is 16.8. The van der Waals surface area contributed by atoms with Crippen LogP contribution in [0, 0.1) is 6.92 Å². The molecular weight excluding hydrogens is 285 g/mol. The molecule has 116 valence electrons. The number of anilines is 1. The van der Waals surface area contributed by atoms with E-state index in [0.29, 0.717) is 10.6 Å². The largest absolute Gasteiger partial charge is 0.406 e. The summed E-state index contributed by atoms with van der Waals surface area (Å²) in [4.78, 5) is 15.8. The molecule has 0 atom stereocenters. The number of aliphatic imine (C=N–C) groups is 1. The van der Waals surface area contributed by atoms with E-state index < -0.39 is 25.2 Å². The highest BCUT2D eigenvalue weighted by molar-refractivity contribution is 5.93. The summed E-state index contributed by atoms with van der Waals surface area (Å²) in [7, 11) is 1.06. The number of halogens is 3. The molecule has 5 nitrogen and oxygen atoms in total. The Morgan fingerprint density at radius 2 is 2.10 bits per heavy atom. The second-order valence-electron chi connectivity index (χ2n) is 4.56. The van der Waals surface area contributed by atoms with E-state index in [1.54, 1.807) is 6.07 Å². The highest BCUT2D eigenvalue weighted by Crippen LogP contribution is 2.15. The van der Waals surface area contributed by atoms with Crippen LogP contribution in [-0.2, 0) is 4.79 Å². The van der Waals surface area contributed by atoms with Gasteiger partial charge in [-0.2, -0.15) is 13.2 Å². The molecule has 0 fully saturated rings. The number of nitrogens with zero attached hydrogens (tertiary/aromatic N) is 2. The molecule has 0 spiro atoms. The highest BCUT2D eigenvalue weighted by atomic mass is 19.4. The van der Waals surface area contributed by atoms with Crippen LogP contribution in [0.25, 0.3) is 0 Å². The normalized spacial score (nSPS) is 12.1. The summed E-state index contributed by atoms with van der Waals surface area (Å²) in [6.07, 6.45) is -4.43. The molecule has 0 aliphatic heterocycles. The zero-order valence-corrected chi connectivity index (χ0v) is 11.7. The molecule has 3 N–H and O–H groups in total. The average Bonchev–Trinajstić information content (AvgIpc) is 2.33. The van der Waals surface area contributed by atoms with Crippen LogP contribution in [0.15, 0.2) is 29.3 Å². The molecular formula is C13H17F3N4O. The van der Waals surface area contributed by atoms with Gasteiger partial charge in [-0.25, -0.2) is 4.99 Å². The maximum Gasteiger partial charge on any atom is 0.406 e. The molecule has 0 aliphatic carbocycles. The number of benzene rings is 1. The van der Waals surface area contributed by atoms with Crippen molar-refractivity contribution in [2.75, 3.05) is 25.5 Å². The first-order chi connectivity index (χ1) is 9.67. The van der Waals surface area contributed by atoms with Gasteiger partial charge in [0.15, 0.2) is 5.96 Å². The molecule has 0 radical (unpaired) electrons. The van der Waals surface area contributed by atoms with Crippen LogP contribution in [0.3, 0.4) is 0 Å². The van der Waals surface area contributed by atoms with Gasteiger partial charge in [-0.1, -0.05) is 12.1 Å². The Morgan fingerprint density at radius 1 is 1.43 bits per heavy atom. The molecule has 1 aromatic carbocycles. The third-order valence-electron chi connectivity index (χ3n) is 2.52. The Kier molecular flexibility index (Phi) is 5.57. The van der Waals surface area contributed by atoms with Crippen molar-refractivity contribution in [3.63, 3.8) is 0 Å². The minimum atomic E-state index is -4.43. The number of alkyl halides is 3. The van der Waals surface area contributed by atoms with Crippen molar-refractivity contribution in [1.29, 1.82) is 0 Å². The number of guanidine groups is 1. The number of hydrogen-bond donors (Lipinski definition) is 2. The van der Waals surface area contributed by atoms with E-state index in [0.717, 1.165) is 12.6 Å². The minimum absolute atomic E-state index is 0.0330. The lowest BCUT2D eigenvalue weighted by Crippen LogP contribution is -2.37. The molecule has 0 heterocycles. The lowest BCUT2D eigenvalue weighted by atomic mass is 10.2. The maximum absolute atomic E-state index is 12.1. The molecule has 8 heteroatoms. The number of hydrogen-bond acceptors (Lipinski definition) is 2. The Morgan fingerprint density at radius 3 is 2.67 bits per heavy atom. The predicted octanol–water partition coefficient (Wildman–Crippen LogP) is 1.74. The lowest BCUT2D eigenvalue weighted by molar-refractivity contribution is -0.157. The summed E-state index contributed by atoms with van der Waals surface area (Å²) < 4.78 is 36.4. The van der Waals surface area contributed by atoms with Crippen LogP contribution in [-0.4, -0.2) is 43.1 Å². The Labute approximate surface area is 120 Å². The number of nitrogens with two attached hydrogens (primary N) is 1. The van der Waals surface area contributed by atoms with E-state index in [2.05, 4.69) is 10.3 Å². The van der Waals surface area contributed by atoms with Crippen molar-refractivity contribution in [1.82, 2.24) is 4.90 Å². The average molecular weight is 302 g/mol. The summed E-state index contributed by atoms with van der Waals surface area (Å²) in [6, 6.07) is 7.29. The number of carbonyl (C=O) groups excluding carboxylic acids is 1. The van der Waals surface area contributed by atoms with Gasteiger partial charge in [0.1, 0.15) is 13.1 Å². The van der Waals surface area contributed by atoms with Gasteiger partial charge in [-0.05, 0) is 24.6 Å². The van der Waals surface area contributed by atoms with Crippen LogP contribution < -0.4 is 11.1 Å². The van der Waals surface area contributed by atoms with E-state index in [1.807, 2.05) is 25.1 Å². The standard InChI is InChI=1S/C13H17F3N4O/c1-9-4-3-5-10(6-9)19-12(17)18-7-11(21)20(2)8-13(14,15)16/h3-6H,7-8H2,1-2H3,(H3,17,18,19). The van der Waals surface area contributed by atoms with E-state index >= 15 is 0 Å². The Bertz CT molecular complexity index is 528. The van der Waals surface area contributed by atoms with Crippen molar-refractivity contribution >= 4 is 17.6 Å². The number of likely N-dealkylation sites (N-methyl/N-ethyl adjacent to an activating group) is 1. The smallest absolute Gasteiger partial charge is 0.370 e. The van der Waals surface area contributed by atoms with Gasteiger partial charge >= 0.3 is 6.18 Å². The molecule has 0 saturated heterocycles. The molecule has 0 bridgehead atoms. The summed E-state index contributed by atoms with van der Waals surface area (Å²) in [5.41, 5.74) is 7.27. The first-order valence-corrected chi connectivity index (χ1v) is 6.12. The third-order valence-corrected chi connectivity index (χ3v) is 2.52. The van der Waals surface area contributed by atoms with Crippen LogP contribution >= 0.6 is 0 Å². The summed E-state index contributed by atoms with van der Waals surface area (Å²) in [6.45, 7) is 0.137. The fourth-order valence-electron chi connectivity index (χ4n) is 1.54. The van der Waals surface area contributed by atoms with E-state index in [1.165, 1.54) is 0 Å². The van der Waals surface area contributed by atoms with Gasteiger partial charge in [0.2, 0.25) is 5.91 Å². The number of aryl methyl sites for hydroxylation is 1. The predicted molar refractivity (Wildman–Crippen MR) is 75.0 cm³/mol. The number of rotatable bonds is 4. The third kappa shape index (κ3) is 6.64. The topological polar surface area (TPSA) is 70.7 Å². The second kappa shape index (κ2) is 6.96. The van der Waals surface area contributed by atoms with Gasteiger partial charge in [-0.15, -0.1) is 0 Å². The molecule has 0 saturated carbocycles. The molecule has 1 aromatic rings. The number of amides is 1. The van der Waals surface area contributed by atoms with Crippen molar-refractivity contribution < 1.29 is 18.0 Å². The molecule has 21 heavy (non-hydrogen) atoms. The molecule has 0 aliphatic rings. The van der Waals surface area contributed by atoms with Crippen LogP contribution in [0.2, 0.25) is 0 Å². The minimum Gasteiger partial charge on any atom is -0.370 e. The summed E-state index contributed by atoms with van der Waals surface area (Å²) in [5.74, 6) is -0.796. The van der Waals surface area contributed by atoms with E-state index in [-0.39, 0.29) is 5.96 Å². The number of nitrogens with one attached hydrogen (secondary N) is 1. The Hall–Kier alpha value is -2.25. The monoisotopic (exact) mass is 302 g/mol. The maximum atomic E-state index is 12.1. The quantitative estimate of drug-likeness (QED) is 0.657. The van der Waals surface area contributed by atoms with Crippen molar-refractivity contribution in [2.45, 2.75) is 13.1 Å². The van der Waals surface area contributed by atoms with Gasteiger partial charge < -0.3 is 16.0 Å². The van der Waals surface area contributed by atoms with Crippen molar-refractivity contribution in [3.05, 3.63) is 29.8 Å². The molecule has 1 rings (SSSR count). The zero-order chi connectivity index (χ0) is 16.0. The number of carbonyl (C=O) groups is 1. The first-order valence-electron chi connectivity index (χ1n) is 6.12. The molecule has 0 unspecified atom stereocenters. The van der Waals surface area contributed by atoms with Gasteiger partial charge in [0, 0.05) is 12.7 Å². The fourth-order valence-corrected chi connectivity index (χ4v) is 1.54.